The van der Waals surface area contributed by atoms with Gasteiger partial charge in [0.15, 0.2) is 10.9 Å². The molecule has 0 unspecified atom stereocenters. The number of rotatable bonds is 2. The number of hydrogen-bond acceptors (Lipinski definition) is 5. The van der Waals surface area contributed by atoms with E-state index in [0.29, 0.717) is 12.4 Å². The molecule has 0 aromatic heterocycles. The van der Waals surface area contributed by atoms with E-state index in [1.165, 1.54) is 6.08 Å². The molecule has 2 heterocycles. The van der Waals surface area contributed by atoms with Crippen LogP contribution < -0.4 is 20.3 Å². The molecule has 2 aliphatic heterocycles. The van der Waals surface area contributed by atoms with Gasteiger partial charge in [-0.1, -0.05) is 12.1 Å². The zero-order valence-electron chi connectivity index (χ0n) is 11.8. The summed E-state index contributed by atoms with van der Waals surface area (Å²) >= 11 is 4.75. The van der Waals surface area contributed by atoms with Crippen LogP contribution in [0, 0.1) is 0 Å². The van der Waals surface area contributed by atoms with Gasteiger partial charge in [0.2, 0.25) is 5.88 Å². The molecule has 0 radical (unpaired) electrons. The molecule has 0 aliphatic carbocycles. The van der Waals surface area contributed by atoms with Crippen molar-refractivity contribution < 1.29 is 14.3 Å². The number of allylic oxidation sites excluding steroid dienone is 2. The van der Waals surface area contributed by atoms with Crippen LogP contribution in [0.15, 0.2) is 47.9 Å². The summed E-state index contributed by atoms with van der Waals surface area (Å²) in [6.07, 6.45) is 3.03. The molecule has 6 nitrogen and oxygen atoms in total. The minimum atomic E-state index is -0.524. The zero-order valence-corrected chi connectivity index (χ0v) is 12.6. The number of benzene rings is 1. The summed E-state index contributed by atoms with van der Waals surface area (Å²) in [6, 6.07) is 7.63. The lowest BCUT2D eigenvalue weighted by atomic mass is 10.2. The quantitative estimate of drug-likeness (QED) is 0.488. The Morgan fingerprint density at radius 1 is 1.18 bits per heavy atom. The van der Waals surface area contributed by atoms with Gasteiger partial charge in [0.05, 0.1) is 5.69 Å². The SMILES string of the molecule is CCN1C(=CC=C2C(=O)NC(=S)NC2=O)Oc2ccccc21. The summed E-state index contributed by atoms with van der Waals surface area (Å²) in [5.74, 6) is 0.256. The number of thiocarbonyl (C=S) groups is 1. The van der Waals surface area contributed by atoms with E-state index >= 15 is 0 Å². The van der Waals surface area contributed by atoms with E-state index in [2.05, 4.69) is 10.6 Å². The van der Waals surface area contributed by atoms with Gasteiger partial charge in [-0.15, -0.1) is 0 Å². The van der Waals surface area contributed by atoms with Gasteiger partial charge >= 0.3 is 0 Å². The van der Waals surface area contributed by atoms with Gasteiger partial charge in [-0.25, -0.2) is 0 Å². The fourth-order valence-corrected chi connectivity index (χ4v) is 2.47. The molecule has 1 saturated heterocycles. The Morgan fingerprint density at radius 2 is 1.86 bits per heavy atom. The number of carbonyl (C=O) groups excluding carboxylic acids is 2. The third-order valence-corrected chi connectivity index (χ3v) is 3.49. The van der Waals surface area contributed by atoms with Crippen molar-refractivity contribution in [1.82, 2.24) is 10.6 Å². The topological polar surface area (TPSA) is 70.7 Å². The highest BCUT2D eigenvalue weighted by Crippen LogP contribution is 2.38. The predicted octanol–water partition coefficient (Wildman–Crippen LogP) is 1.20. The number of nitrogens with one attached hydrogen (secondary N) is 2. The first-order valence-electron chi connectivity index (χ1n) is 6.73. The Kier molecular flexibility index (Phi) is 3.64. The lowest BCUT2D eigenvalue weighted by Gasteiger charge is -2.17. The van der Waals surface area contributed by atoms with Gasteiger partial charge in [0, 0.05) is 6.54 Å². The van der Waals surface area contributed by atoms with E-state index < -0.39 is 11.8 Å². The van der Waals surface area contributed by atoms with Crippen LogP contribution in [-0.4, -0.2) is 23.5 Å². The molecule has 2 aliphatic rings. The molecule has 7 heteroatoms. The van der Waals surface area contributed by atoms with Crippen LogP contribution in [0.2, 0.25) is 0 Å². The second-order valence-corrected chi connectivity index (χ2v) is 5.04. The highest BCUT2D eigenvalue weighted by molar-refractivity contribution is 7.80. The summed E-state index contributed by atoms with van der Waals surface area (Å²) in [6.45, 7) is 2.69. The monoisotopic (exact) mass is 315 g/mol. The van der Waals surface area contributed by atoms with Gasteiger partial charge < -0.3 is 9.64 Å². The molecule has 0 spiro atoms. The van der Waals surface area contributed by atoms with Crippen molar-refractivity contribution in [3.8, 4) is 5.75 Å². The van der Waals surface area contributed by atoms with Crippen LogP contribution in [0.1, 0.15) is 6.92 Å². The number of nitrogens with zero attached hydrogens (tertiary/aromatic N) is 1. The Labute approximate surface area is 132 Å². The highest BCUT2D eigenvalue weighted by atomic mass is 32.1. The van der Waals surface area contributed by atoms with Gasteiger partial charge in [-0.3, -0.25) is 20.2 Å². The van der Waals surface area contributed by atoms with Crippen LogP contribution in [0.4, 0.5) is 5.69 Å². The Hall–Kier alpha value is -2.67. The molecule has 22 heavy (non-hydrogen) atoms. The van der Waals surface area contributed by atoms with Crippen molar-refractivity contribution in [1.29, 1.82) is 0 Å². The summed E-state index contributed by atoms with van der Waals surface area (Å²) in [7, 11) is 0. The molecule has 0 bridgehead atoms. The smallest absolute Gasteiger partial charge is 0.263 e. The van der Waals surface area contributed by atoms with Crippen LogP contribution in [0.5, 0.6) is 5.75 Å². The van der Waals surface area contributed by atoms with E-state index in [0.717, 1.165) is 11.4 Å². The molecule has 112 valence electrons. The van der Waals surface area contributed by atoms with Crippen molar-refractivity contribution in [2.45, 2.75) is 6.92 Å². The number of para-hydroxylation sites is 2. The first-order chi connectivity index (χ1) is 10.6. The van der Waals surface area contributed by atoms with E-state index in [9.17, 15) is 9.59 Å². The number of anilines is 1. The van der Waals surface area contributed by atoms with Crippen LogP contribution in [0.25, 0.3) is 0 Å². The second-order valence-electron chi connectivity index (χ2n) is 4.64. The minimum absolute atomic E-state index is 0.0134. The number of fused-ring (bicyclic) bond motifs is 1. The number of ether oxygens (including phenoxy) is 1. The van der Waals surface area contributed by atoms with E-state index in [4.69, 9.17) is 17.0 Å². The van der Waals surface area contributed by atoms with Crippen molar-refractivity contribution >= 4 is 34.8 Å². The summed E-state index contributed by atoms with van der Waals surface area (Å²) in [5.41, 5.74) is 0.935. The van der Waals surface area contributed by atoms with Crippen LogP contribution in [-0.2, 0) is 9.59 Å². The first-order valence-corrected chi connectivity index (χ1v) is 7.14. The summed E-state index contributed by atoms with van der Waals surface area (Å²) in [5, 5.41) is 4.79. The third kappa shape index (κ3) is 2.46. The fraction of sp³-hybridized carbons (Fsp3) is 0.133. The van der Waals surface area contributed by atoms with Crippen molar-refractivity contribution in [3.63, 3.8) is 0 Å². The lowest BCUT2D eigenvalue weighted by Crippen LogP contribution is -2.51. The van der Waals surface area contributed by atoms with Gasteiger partial charge in [0.1, 0.15) is 5.57 Å². The van der Waals surface area contributed by atoms with Crippen molar-refractivity contribution in [3.05, 3.63) is 47.9 Å². The number of amides is 2. The molecular formula is C15H13N3O3S. The van der Waals surface area contributed by atoms with Crippen LogP contribution >= 0.6 is 12.2 Å². The van der Waals surface area contributed by atoms with E-state index in [1.54, 1.807) is 6.08 Å². The van der Waals surface area contributed by atoms with E-state index in [1.807, 2.05) is 36.1 Å². The first kappa shape index (κ1) is 14.3. The fourth-order valence-electron chi connectivity index (χ4n) is 2.28. The van der Waals surface area contributed by atoms with Gasteiger partial charge in [-0.2, -0.15) is 0 Å². The largest absolute Gasteiger partial charge is 0.439 e. The van der Waals surface area contributed by atoms with Gasteiger partial charge in [-0.05, 0) is 43.4 Å². The average Bonchev–Trinajstić information content (AvgIpc) is 2.83. The number of carbonyl (C=O) groups is 2. The van der Waals surface area contributed by atoms with Crippen LogP contribution in [0.3, 0.4) is 0 Å². The molecular weight excluding hydrogens is 302 g/mol. The van der Waals surface area contributed by atoms with Crippen molar-refractivity contribution in [2.75, 3.05) is 11.4 Å². The van der Waals surface area contributed by atoms with Gasteiger partial charge in [0.25, 0.3) is 11.8 Å². The Bertz CT molecular complexity index is 717. The highest BCUT2D eigenvalue weighted by Gasteiger charge is 2.27. The Morgan fingerprint density at radius 3 is 2.55 bits per heavy atom. The maximum atomic E-state index is 11.8. The summed E-state index contributed by atoms with van der Waals surface area (Å²) < 4.78 is 5.75. The molecule has 2 amide bonds. The third-order valence-electron chi connectivity index (χ3n) is 3.29. The molecule has 1 fully saturated rings. The standard InChI is InChI=1S/C15H13N3O3S/c1-2-18-10-5-3-4-6-11(10)21-12(18)8-7-9-13(19)16-15(22)17-14(9)20/h3-8H,2H2,1H3,(H2,16,17,19,20,22). The number of hydrogen-bond donors (Lipinski definition) is 2. The summed E-state index contributed by atoms with van der Waals surface area (Å²) in [4.78, 5) is 25.5. The lowest BCUT2D eigenvalue weighted by molar-refractivity contribution is -0.123. The zero-order chi connectivity index (χ0) is 15.7. The van der Waals surface area contributed by atoms with Crippen molar-refractivity contribution in [2.24, 2.45) is 0 Å². The molecule has 0 atom stereocenters. The molecule has 2 N–H and O–H groups in total. The molecule has 1 aromatic carbocycles. The molecule has 1 aromatic rings. The second kappa shape index (κ2) is 5.61. The predicted molar refractivity (Wildman–Crippen MR) is 85.1 cm³/mol. The van der Waals surface area contributed by atoms with E-state index in [-0.39, 0.29) is 10.7 Å². The minimum Gasteiger partial charge on any atom is -0.439 e. The Balaban J connectivity index is 1.90. The normalized spacial score (nSPS) is 18.8. The maximum Gasteiger partial charge on any atom is 0.263 e. The average molecular weight is 315 g/mol. The maximum absolute atomic E-state index is 11.8. The molecule has 0 saturated carbocycles. The molecule has 3 rings (SSSR count).